The van der Waals surface area contributed by atoms with Gasteiger partial charge in [0.05, 0.1) is 41.6 Å². The molecule has 12 heteroatoms. The zero-order chi connectivity index (χ0) is 29.2. The van der Waals surface area contributed by atoms with E-state index in [-0.39, 0.29) is 23.0 Å². The number of nitrogens with zero attached hydrogens (tertiary/aromatic N) is 5. The van der Waals surface area contributed by atoms with Gasteiger partial charge in [0.25, 0.3) is 11.2 Å². The first-order valence-corrected chi connectivity index (χ1v) is 12.5. The summed E-state index contributed by atoms with van der Waals surface area (Å²) in [5.74, 6) is 2.01. The van der Waals surface area contributed by atoms with Crippen molar-refractivity contribution in [3.63, 3.8) is 0 Å². The number of para-hydroxylation sites is 1. The molecule has 0 aliphatic carbocycles. The van der Waals surface area contributed by atoms with E-state index in [0.29, 0.717) is 45.1 Å². The van der Waals surface area contributed by atoms with Crippen molar-refractivity contribution in [2.24, 2.45) is 5.10 Å². The molecule has 0 unspecified atom stereocenters. The predicted octanol–water partition coefficient (Wildman–Crippen LogP) is 5.80. The maximum Gasteiger partial charge on any atom is 0.287 e. The van der Waals surface area contributed by atoms with E-state index in [9.17, 15) is 14.9 Å². The molecule has 6 aromatic rings. The highest BCUT2D eigenvalue weighted by atomic mass is 16.6. The second kappa shape index (κ2) is 10.8. The van der Waals surface area contributed by atoms with Crippen LogP contribution in [0, 0.1) is 10.1 Å². The van der Waals surface area contributed by atoms with Crippen molar-refractivity contribution < 1.29 is 23.6 Å². The fourth-order valence-corrected chi connectivity index (χ4v) is 4.34. The van der Waals surface area contributed by atoms with Crippen LogP contribution in [0.2, 0.25) is 0 Å². The van der Waals surface area contributed by atoms with Crippen LogP contribution >= 0.6 is 0 Å². The Bertz CT molecular complexity index is 2050. The first kappa shape index (κ1) is 26.2. The summed E-state index contributed by atoms with van der Waals surface area (Å²) in [6.45, 7) is 0. The van der Waals surface area contributed by atoms with E-state index in [2.05, 4.69) is 10.1 Å². The van der Waals surface area contributed by atoms with Gasteiger partial charge in [-0.3, -0.25) is 14.9 Å². The van der Waals surface area contributed by atoms with Gasteiger partial charge in [-0.15, -0.1) is 0 Å². The smallest absolute Gasteiger partial charge is 0.287 e. The molecule has 12 nitrogen and oxygen atoms in total. The summed E-state index contributed by atoms with van der Waals surface area (Å²) in [5, 5.41) is 16.5. The van der Waals surface area contributed by atoms with Gasteiger partial charge in [0.1, 0.15) is 17.5 Å². The van der Waals surface area contributed by atoms with Gasteiger partial charge in [-0.1, -0.05) is 18.2 Å². The lowest BCUT2D eigenvalue weighted by Gasteiger charge is -2.10. The van der Waals surface area contributed by atoms with Crippen molar-refractivity contribution in [2.75, 3.05) is 14.2 Å². The highest BCUT2D eigenvalue weighted by Gasteiger charge is 2.18. The molecule has 0 amide bonds. The Morgan fingerprint density at radius 2 is 1.76 bits per heavy atom. The number of methoxy groups -OCH3 is 2. The number of hydrogen-bond acceptors (Lipinski definition) is 10. The molecule has 0 atom stereocenters. The third-order valence-electron chi connectivity index (χ3n) is 6.37. The minimum absolute atomic E-state index is 0.152. The van der Waals surface area contributed by atoms with Crippen LogP contribution in [0.5, 0.6) is 23.1 Å². The fraction of sp³-hybridized carbons (Fsp3) is 0.0667. The Hall–Kier alpha value is -6.04. The first-order chi connectivity index (χ1) is 20.4. The summed E-state index contributed by atoms with van der Waals surface area (Å²) < 4.78 is 23.9. The normalized spacial score (nSPS) is 11.3. The SMILES string of the molecule is COc1cc(C=Nn2c(-c3cc4c(OC)cccc4o3)nc3ccccc3c2=O)ccc1Oc1ccc([N+](=O)[O-])cn1. The van der Waals surface area contributed by atoms with E-state index in [1.165, 1.54) is 30.1 Å². The van der Waals surface area contributed by atoms with E-state index in [4.69, 9.17) is 23.6 Å². The van der Waals surface area contributed by atoms with Crippen LogP contribution in [-0.4, -0.2) is 40.0 Å². The van der Waals surface area contributed by atoms with E-state index >= 15 is 0 Å². The molecule has 0 spiro atoms. The second-order valence-corrected chi connectivity index (χ2v) is 8.92. The standard InChI is InChI=1S/C30H21N5O7/c1-39-23-8-5-9-24-21(23)15-27(41-24)29-33-22-7-4-3-6-20(22)30(36)34(29)32-16-18-10-12-25(26(14-18)40-2)42-28-13-11-19(17-31-28)35(37)38/h3-17H,1-2H3. The van der Waals surface area contributed by atoms with Crippen molar-refractivity contribution >= 4 is 33.8 Å². The summed E-state index contributed by atoms with van der Waals surface area (Å²) >= 11 is 0. The summed E-state index contributed by atoms with van der Waals surface area (Å²) in [4.78, 5) is 32.6. The molecule has 0 aliphatic rings. The van der Waals surface area contributed by atoms with Crippen LogP contribution in [0.15, 0.2) is 99.4 Å². The third kappa shape index (κ3) is 4.88. The monoisotopic (exact) mass is 563 g/mol. The summed E-state index contributed by atoms with van der Waals surface area (Å²) in [6, 6.07) is 21.9. The number of rotatable bonds is 8. The van der Waals surface area contributed by atoms with Crippen LogP contribution in [0.25, 0.3) is 33.5 Å². The molecule has 208 valence electrons. The highest BCUT2D eigenvalue weighted by Crippen LogP contribution is 2.34. The van der Waals surface area contributed by atoms with Gasteiger partial charge in [-0.2, -0.15) is 9.78 Å². The first-order valence-electron chi connectivity index (χ1n) is 12.5. The Balaban J connectivity index is 1.39. The molecule has 3 aromatic heterocycles. The Morgan fingerprint density at radius 3 is 2.52 bits per heavy atom. The van der Waals surface area contributed by atoms with Crippen LogP contribution in [-0.2, 0) is 0 Å². The molecular weight excluding hydrogens is 542 g/mol. The minimum atomic E-state index is -0.543. The van der Waals surface area contributed by atoms with Gasteiger partial charge in [-0.05, 0) is 54.1 Å². The van der Waals surface area contributed by atoms with Crippen molar-refractivity contribution in [3.05, 3.63) is 111 Å². The molecule has 0 N–H and O–H groups in total. The topological polar surface area (TPSA) is 144 Å². The van der Waals surface area contributed by atoms with E-state index in [0.717, 1.165) is 11.6 Å². The Kier molecular flexibility index (Phi) is 6.77. The van der Waals surface area contributed by atoms with Gasteiger partial charge in [0.15, 0.2) is 17.3 Å². The van der Waals surface area contributed by atoms with Crippen molar-refractivity contribution in [3.8, 4) is 34.7 Å². The van der Waals surface area contributed by atoms with Crippen molar-refractivity contribution in [1.82, 2.24) is 14.6 Å². The summed E-state index contributed by atoms with van der Waals surface area (Å²) in [6.07, 6.45) is 2.59. The Morgan fingerprint density at radius 1 is 0.929 bits per heavy atom. The molecule has 0 fully saturated rings. The van der Waals surface area contributed by atoms with E-state index in [1.54, 1.807) is 61.7 Å². The molecule has 0 radical (unpaired) electrons. The predicted molar refractivity (Wildman–Crippen MR) is 155 cm³/mol. The number of furan rings is 1. The summed E-state index contributed by atoms with van der Waals surface area (Å²) in [7, 11) is 3.04. The average Bonchev–Trinajstić information content (AvgIpc) is 3.46. The van der Waals surface area contributed by atoms with Gasteiger partial charge in [0, 0.05) is 12.1 Å². The zero-order valence-corrected chi connectivity index (χ0v) is 22.3. The molecule has 3 heterocycles. The van der Waals surface area contributed by atoms with Crippen LogP contribution in [0.4, 0.5) is 5.69 Å². The van der Waals surface area contributed by atoms with Gasteiger partial charge >= 0.3 is 0 Å². The molecule has 0 saturated carbocycles. The lowest BCUT2D eigenvalue weighted by molar-refractivity contribution is -0.385. The lowest BCUT2D eigenvalue weighted by Crippen LogP contribution is -2.20. The van der Waals surface area contributed by atoms with Crippen LogP contribution in [0.1, 0.15) is 5.56 Å². The number of aromatic nitrogens is 3. The average molecular weight is 564 g/mol. The number of fused-ring (bicyclic) bond motifs is 2. The van der Waals surface area contributed by atoms with E-state index < -0.39 is 4.92 Å². The number of ether oxygens (including phenoxy) is 3. The number of pyridine rings is 1. The largest absolute Gasteiger partial charge is 0.496 e. The maximum absolute atomic E-state index is 13.6. The quantitative estimate of drug-likeness (QED) is 0.127. The van der Waals surface area contributed by atoms with Crippen LogP contribution < -0.4 is 19.8 Å². The minimum Gasteiger partial charge on any atom is -0.496 e. The summed E-state index contributed by atoms with van der Waals surface area (Å²) in [5.41, 5.74) is 1.13. The Labute approximate surface area is 237 Å². The van der Waals surface area contributed by atoms with Crippen LogP contribution in [0.3, 0.4) is 0 Å². The number of benzene rings is 3. The molecule has 6 rings (SSSR count). The molecule has 0 aliphatic heterocycles. The maximum atomic E-state index is 13.6. The van der Waals surface area contributed by atoms with Gasteiger partial charge < -0.3 is 18.6 Å². The number of hydrogen-bond donors (Lipinski definition) is 0. The van der Waals surface area contributed by atoms with Gasteiger partial charge in [-0.25, -0.2) is 9.97 Å². The zero-order valence-electron chi connectivity index (χ0n) is 22.3. The molecule has 0 bridgehead atoms. The molecular formula is C30H21N5O7. The van der Waals surface area contributed by atoms with Gasteiger partial charge in [0.2, 0.25) is 11.7 Å². The third-order valence-corrected chi connectivity index (χ3v) is 6.37. The second-order valence-electron chi connectivity index (χ2n) is 8.92. The fourth-order valence-electron chi connectivity index (χ4n) is 4.34. The molecule has 42 heavy (non-hydrogen) atoms. The number of nitro groups is 1. The van der Waals surface area contributed by atoms with Crippen molar-refractivity contribution in [1.29, 1.82) is 0 Å². The van der Waals surface area contributed by atoms with E-state index in [1.807, 2.05) is 12.1 Å². The van der Waals surface area contributed by atoms with Crippen molar-refractivity contribution in [2.45, 2.75) is 0 Å². The highest BCUT2D eigenvalue weighted by molar-refractivity contribution is 5.88. The molecule has 3 aromatic carbocycles. The molecule has 0 saturated heterocycles. The lowest BCUT2D eigenvalue weighted by atomic mass is 10.2.